The molecule has 2 aromatic carbocycles. The molecule has 3 atom stereocenters. The summed E-state index contributed by atoms with van der Waals surface area (Å²) in [6, 6.07) is 21.7. The maximum Gasteiger partial charge on any atom is 0.146 e. The summed E-state index contributed by atoms with van der Waals surface area (Å²) >= 11 is 0. The average molecular weight is 461 g/mol. The largest absolute Gasteiger partial charge is 0.396 e. The highest BCUT2D eigenvalue weighted by molar-refractivity contribution is 5.90. The maximum absolute atomic E-state index is 9.07. The number of aliphatic hydroxyl groups is 1. The number of methoxy groups -OCH3 is 1. The van der Waals surface area contributed by atoms with Crippen LogP contribution in [0.3, 0.4) is 0 Å². The summed E-state index contributed by atoms with van der Waals surface area (Å²) in [5, 5.41) is 9.07. The van der Waals surface area contributed by atoms with Crippen LogP contribution in [0, 0.1) is 11.3 Å². The SMILES string of the molecule is C=C(c1ccccc1)C12CCC(OCOC)C1CC(CCCCCCCO)=C2c1ccccc1. The Morgan fingerprint density at radius 2 is 1.65 bits per heavy atom. The van der Waals surface area contributed by atoms with Crippen LogP contribution in [0.5, 0.6) is 0 Å². The van der Waals surface area contributed by atoms with Gasteiger partial charge in [0.15, 0.2) is 0 Å². The van der Waals surface area contributed by atoms with Crippen LogP contribution in [-0.2, 0) is 9.47 Å². The van der Waals surface area contributed by atoms with E-state index in [1.807, 2.05) is 0 Å². The zero-order valence-corrected chi connectivity index (χ0v) is 20.7. The van der Waals surface area contributed by atoms with Crippen molar-refractivity contribution in [2.24, 2.45) is 11.3 Å². The standard InChI is InChI=1S/C31H40O3/c1-24(25-14-9-6-10-15-25)31-20-19-29(34-23-33-2)28(31)22-27(18-8-4-3-5-13-21-32)30(31)26-16-11-7-12-17-26/h6-7,9-12,14-17,28-29,32H,1,3-5,8,13,18-23H2,2H3. The lowest BCUT2D eigenvalue weighted by atomic mass is 9.66. The molecule has 4 rings (SSSR count). The molecule has 0 radical (unpaired) electrons. The highest BCUT2D eigenvalue weighted by Gasteiger charge is 2.57. The van der Waals surface area contributed by atoms with Crippen molar-refractivity contribution >= 4 is 11.1 Å². The number of unbranched alkanes of at least 4 members (excludes halogenated alkanes) is 4. The number of ether oxygens (including phenoxy) is 2. The number of aliphatic hydroxyl groups excluding tert-OH is 1. The average Bonchev–Trinajstić information content (AvgIpc) is 3.40. The van der Waals surface area contributed by atoms with Gasteiger partial charge in [0.1, 0.15) is 6.79 Å². The summed E-state index contributed by atoms with van der Waals surface area (Å²) in [7, 11) is 1.70. The molecule has 1 saturated carbocycles. The predicted octanol–water partition coefficient (Wildman–Crippen LogP) is 7.28. The number of hydrogen-bond acceptors (Lipinski definition) is 3. The van der Waals surface area contributed by atoms with Crippen molar-refractivity contribution in [3.05, 3.63) is 83.9 Å². The second kappa shape index (κ2) is 12.0. The highest BCUT2D eigenvalue weighted by atomic mass is 16.7. The molecule has 0 bridgehead atoms. The molecular formula is C31H40O3. The second-order valence-electron chi connectivity index (χ2n) is 9.86. The van der Waals surface area contributed by atoms with Gasteiger partial charge in [-0.1, -0.05) is 92.1 Å². The Kier molecular flexibility index (Phi) is 8.77. The Bertz CT molecular complexity index is 949. The van der Waals surface area contributed by atoms with Gasteiger partial charge in [0.25, 0.3) is 0 Å². The van der Waals surface area contributed by atoms with Crippen molar-refractivity contribution in [1.29, 1.82) is 0 Å². The highest BCUT2D eigenvalue weighted by Crippen LogP contribution is 2.66. The van der Waals surface area contributed by atoms with E-state index in [0.717, 1.165) is 38.5 Å². The van der Waals surface area contributed by atoms with E-state index in [2.05, 4.69) is 60.7 Å². The monoisotopic (exact) mass is 460 g/mol. The lowest BCUT2D eigenvalue weighted by molar-refractivity contribution is -0.0858. The molecule has 1 N–H and O–H groups in total. The number of allylic oxidation sites excluding steroid dienone is 3. The molecule has 0 aliphatic heterocycles. The maximum atomic E-state index is 9.07. The van der Waals surface area contributed by atoms with Crippen LogP contribution >= 0.6 is 0 Å². The fourth-order valence-electron chi connectivity index (χ4n) is 6.42. The molecule has 2 aromatic rings. The third kappa shape index (κ3) is 5.07. The molecule has 1 fully saturated rings. The van der Waals surface area contributed by atoms with Crippen molar-refractivity contribution < 1.29 is 14.6 Å². The minimum atomic E-state index is -0.104. The summed E-state index contributed by atoms with van der Waals surface area (Å²) < 4.78 is 11.6. The zero-order chi connectivity index (χ0) is 23.8. The molecule has 2 aliphatic carbocycles. The van der Waals surface area contributed by atoms with Crippen molar-refractivity contribution in [1.82, 2.24) is 0 Å². The minimum Gasteiger partial charge on any atom is -0.396 e. The Labute approximate surface area is 205 Å². The molecule has 0 amide bonds. The van der Waals surface area contributed by atoms with Crippen LogP contribution < -0.4 is 0 Å². The van der Waals surface area contributed by atoms with E-state index in [1.165, 1.54) is 41.5 Å². The van der Waals surface area contributed by atoms with Gasteiger partial charge < -0.3 is 14.6 Å². The second-order valence-corrected chi connectivity index (χ2v) is 9.86. The van der Waals surface area contributed by atoms with Crippen LogP contribution in [0.4, 0.5) is 0 Å². The summed E-state index contributed by atoms with van der Waals surface area (Å²) in [6.45, 7) is 5.40. The van der Waals surface area contributed by atoms with E-state index in [4.69, 9.17) is 21.2 Å². The number of rotatable bonds is 13. The molecular weight excluding hydrogens is 420 g/mol. The van der Waals surface area contributed by atoms with E-state index in [9.17, 15) is 0 Å². The predicted molar refractivity (Wildman–Crippen MR) is 140 cm³/mol. The van der Waals surface area contributed by atoms with E-state index >= 15 is 0 Å². The summed E-state index contributed by atoms with van der Waals surface area (Å²) in [6.07, 6.45) is 10.1. The van der Waals surface area contributed by atoms with Crippen LogP contribution in [0.15, 0.2) is 72.8 Å². The van der Waals surface area contributed by atoms with E-state index in [0.29, 0.717) is 19.3 Å². The van der Waals surface area contributed by atoms with E-state index in [-0.39, 0.29) is 11.5 Å². The van der Waals surface area contributed by atoms with Crippen LogP contribution in [0.2, 0.25) is 0 Å². The quantitative estimate of drug-likeness (QED) is 0.252. The molecule has 3 heteroatoms. The lowest BCUT2D eigenvalue weighted by Crippen LogP contribution is -2.30. The molecule has 0 heterocycles. The molecule has 3 unspecified atom stereocenters. The van der Waals surface area contributed by atoms with Gasteiger partial charge in [-0.15, -0.1) is 0 Å². The molecule has 182 valence electrons. The Hall–Kier alpha value is -2.20. The van der Waals surface area contributed by atoms with Gasteiger partial charge in [-0.3, -0.25) is 0 Å². The summed E-state index contributed by atoms with van der Waals surface area (Å²) in [5.41, 5.74) is 6.79. The van der Waals surface area contributed by atoms with Gasteiger partial charge in [0.2, 0.25) is 0 Å². The summed E-state index contributed by atoms with van der Waals surface area (Å²) in [4.78, 5) is 0. The fourth-order valence-corrected chi connectivity index (χ4v) is 6.42. The zero-order valence-electron chi connectivity index (χ0n) is 20.7. The van der Waals surface area contributed by atoms with Gasteiger partial charge in [-0.25, -0.2) is 0 Å². The van der Waals surface area contributed by atoms with Crippen molar-refractivity contribution in [3.63, 3.8) is 0 Å². The first-order valence-corrected chi connectivity index (χ1v) is 13.0. The van der Waals surface area contributed by atoms with Crippen molar-refractivity contribution in [2.75, 3.05) is 20.5 Å². The number of hydrogen-bond donors (Lipinski definition) is 1. The number of benzene rings is 2. The van der Waals surface area contributed by atoms with Crippen LogP contribution in [0.1, 0.15) is 68.9 Å². The smallest absolute Gasteiger partial charge is 0.146 e. The third-order valence-corrected chi connectivity index (χ3v) is 7.93. The third-order valence-electron chi connectivity index (χ3n) is 7.93. The first-order chi connectivity index (χ1) is 16.7. The topological polar surface area (TPSA) is 38.7 Å². The molecule has 2 aliphatic rings. The van der Waals surface area contributed by atoms with Gasteiger partial charge in [0.05, 0.1) is 6.10 Å². The summed E-state index contributed by atoms with van der Waals surface area (Å²) in [5.74, 6) is 0.384. The van der Waals surface area contributed by atoms with Crippen molar-refractivity contribution in [2.45, 2.75) is 63.9 Å². The molecule has 0 aromatic heterocycles. The van der Waals surface area contributed by atoms with Gasteiger partial charge in [-0.05, 0) is 60.8 Å². The van der Waals surface area contributed by atoms with Gasteiger partial charge in [0, 0.05) is 25.0 Å². The van der Waals surface area contributed by atoms with Crippen LogP contribution in [0.25, 0.3) is 11.1 Å². The van der Waals surface area contributed by atoms with E-state index < -0.39 is 0 Å². The minimum absolute atomic E-state index is 0.104. The first-order valence-electron chi connectivity index (χ1n) is 13.0. The van der Waals surface area contributed by atoms with E-state index in [1.54, 1.807) is 12.7 Å². The normalized spacial score (nSPS) is 23.9. The molecule has 3 nitrogen and oxygen atoms in total. The first kappa shape index (κ1) is 24.9. The lowest BCUT2D eigenvalue weighted by Gasteiger charge is -2.37. The molecule has 0 spiro atoms. The fraction of sp³-hybridized carbons (Fsp3) is 0.484. The Morgan fingerprint density at radius 1 is 0.971 bits per heavy atom. The van der Waals surface area contributed by atoms with Gasteiger partial charge >= 0.3 is 0 Å². The Morgan fingerprint density at radius 3 is 2.35 bits per heavy atom. The Balaban J connectivity index is 1.70. The molecule has 0 saturated heterocycles. The van der Waals surface area contributed by atoms with Gasteiger partial charge in [-0.2, -0.15) is 0 Å². The van der Waals surface area contributed by atoms with Crippen molar-refractivity contribution in [3.8, 4) is 0 Å². The van der Waals surface area contributed by atoms with Crippen LogP contribution in [-0.4, -0.2) is 31.7 Å². The number of fused-ring (bicyclic) bond motifs is 1. The molecule has 34 heavy (non-hydrogen) atoms.